The first-order valence-electron chi connectivity index (χ1n) is 9.81. The predicted molar refractivity (Wildman–Crippen MR) is 109 cm³/mol. The number of carbonyl (C=O) groups is 2. The molecule has 6 heteroatoms. The first-order chi connectivity index (χ1) is 13.6. The second kappa shape index (κ2) is 9.46. The fraction of sp³-hybridized carbons (Fsp3) is 0.409. The second-order valence-corrected chi connectivity index (χ2v) is 7.15. The fourth-order valence-electron chi connectivity index (χ4n) is 3.30. The Kier molecular flexibility index (Phi) is 6.76. The molecule has 1 N–H and O–H groups in total. The van der Waals surface area contributed by atoms with Crippen LogP contribution in [0.4, 0.5) is 5.82 Å². The Hall–Kier alpha value is -2.73. The number of hydrogen-bond acceptors (Lipinski definition) is 5. The highest BCUT2D eigenvalue weighted by Gasteiger charge is 2.25. The topological polar surface area (TPSA) is 71.5 Å². The Balaban J connectivity index is 1.71. The van der Waals surface area contributed by atoms with E-state index in [2.05, 4.69) is 22.2 Å². The van der Waals surface area contributed by atoms with Crippen LogP contribution in [0.1, 0.15) is 47.0 Å². The molecule has 3 rings (SSSR count). The van der Waals surface area contributed by atoms with Gasteiger partial charge in [0.1, 0.15) is 17.3 Å². The average Bonchev–Trinajstić information content (AvgIpc) is 2.72. The number of carbonyl (C=O) groups excluding carboxylic acids is 2. The average molecular weight is 381 g/mol. The van der Waals surface area contributed by atoms with E-state index in [0.29, 0.717) is 29.4 Å². The molecule has 2 aromatic rings. The van der Waals surface area contributed by atoms with Crippen molar-refractivity contribution < 1.29 is 14.3 Å². The van der Waals surface area contributed by atoms with Crippen molar-refractivity contribution in [3.63, 3.8) is 0 Å². The van der Waals surface area contributed by atoms with Crippen molar-refractivity contribution in [1.82, 2.24) is 9.88 Å². The van der Waals surface area contributed by atoms with Gasteiger partial charge >= 0.3 is 0 Å². The summed E-state index contributed by atoms with van der Waals surface area (Å²) < 4.78 is 5.66. The highest BCUT2D eigenvalue weighted by molar-refractivity contribution is 6.06. The summed E-state index contributed by atoms with van der Waals surface area (Å²) in [6, 6.07) is 12.3. The second-order valence-electron chi connectivity index (χ2n) is 7.15. The Labute approximate surface area is 165 Å². The largest absolute Gasteiger partial charge is 0.493 e. The molecule has 1 aromatic carbocycles. The molecule has 0 atom stereocenters. The maximum atomic E-state index is 12.8. The molecular formula is C22H27N3O3. The fourth-order valence-corrected chi connectivity index (χ4v) is 3.30. The van der Waals surface area contributed by atoms with E-state index < -0.39 is 0 Å². The number of ketones is 1. The lowest BCUT2D eigenvalue weighted by atomic mass is 9.91. The van der Waals surface area contributed by atoms with Crippen LogP contribution in [0.2, 0.25) is 0 Å². The molecule has 0 unspecified atom stereocenters. The lowest BCUT2D eigenvalue weighted by molar-refractivity contribution is 0.0851. The molecule has 0 spiro atoms. The number of pyridine rings is 1. The third-order valence-electron chi connectivity index (χ3n) is 4.93. The van der Waals surface area contributed by atoms with Crippen LogP contribution in [0, 0.1) is 5.92 Å². The van der Waals surface area contributed by atoms with E-state index in [0.717, 1.165) is 32.4 Å². The van der Waals surface area contributed by atoms with Crippen molar-refractivity contribution in [2.75, 3.05) is 32.1 Å². The molecule has 1 aliphatic rings. The van der Waals surface area contributed by atoms with E-state index in [1.807, 2.05) is 13.0 Å². The summed E-state index contributed by atoms with van der Waals surface area (Å²) in [4.78, 5) is 32.1. The summed E-state index contributed by atoms with van der Waals surface area (Å²) in [6.45, 7) is 4.39. The molecule has 1 amide bonds. The maximum Gasteiger partial charge on any atom is 0.260 e. The molecule has 0 bridgehead atoms. The number of aromatic nitrogens is 1. The predicted octanol–water partition coefficient (Wildman–Crippen LogP) is 3.65. The first-order valence-corrected chi connectivity index (χ1v) is 9.81. The van der Waals surface area contributed by atoms with Crippen molar-refractivity contribution in [1.29, 1.82) is 0 Å². The van der Waals surface area contributed by atoms with E-state index in [1.165, 1.54) is 0 Å². The molecule has 2 heterocycles. The zero-order valence-corrected chi connectivity index (χ0v) is 16.5. The van der Waals surface area contributed by atoms with Crippen LogP contribution in [0.5, 0.6) is 5.75 Å². The number of benzene rings is 1. The molecule has 1 aliphatic heterocycles. The summed E-state index contributed by atoms with van der Waals surface area (Å²) in [5.41, 5.74) is 0.854. The minimum atomic E-state index is -0.303. The third kappa shape index (κ3) is 4.95. The summed E-state index contributed by atoms with van der Waals surface area (Å²) in [6.07, 6.45) is 2.55. The minimum absolute atomic E-state index is 0.00202. The van der Waals surface area contributed by atoms with Crippen LogP contribution in [0.3, 0.4) is 0 Å². The van der Waals surface area contributed by atoms with Gasteiger partial charge in [-0.1, -0.05) is 25.1 Å². The molecular weight excluding hydrogens is 354 g/mol. The number of likely N-dealkylation sites (tertiary alicyclic amines) is 1. The Morgan fingerprint density at radius 1 is 1.14 bits per heavy atom. The minimum Gasteiger partial charge on any atom is -0.493 e. The van der Waals surface area contributed by atoms with Gasteiger partial charge in [-0.15, -0.1) is 0 Å². The lowest BCUT2D eigenvalue weighted by Crippen LogP contribution is -2.33. The van der Waals surface area contributed by atoms with Gasteiger partial charge < -0.3 is 15.0 Å². The highest BCUT2D eigenvalue weighted by Crippen LogP contribution is 2.22. The quantitative estimate of drug-likeness (QED) is 0.741. The van der Waals surface area contributed by atoms with Crippen molar-refractivity contribution in [2.24, 2.45) is 5.92 Å². The van der Waals surface area contributed by atoms with Crippen LogP contribution in [-0.2, 0) is 0 Å². The molecule has 1 aromatic heterocycles. The number of anilines is 1. The number of para-hydroxylation sites is 1. The van der Waals surface area contributed by atoms with Gasteiger partial charge in [0.2, 0.25) is 0 Å². The van der Waals surface area contributed by atoms with Crippen LogP contribution < -0.4 is 10.1 Å². The molecule has 1 fully saturated rings. The van der Waals surface area contributed by atoms with E-state index >= 15 is 0 Å². The monoisotopic (exact) mass is 381 g/mol. The van der Waals surface area contributed by atoms with Crippen molar-refractivity contribution >= 4 is 17.5 Å². The normalized spacial score (nSPS) is 15.2. The summed E-state index contributed by atoms with van der Waals surface area (Å²) >= 11 is 0. The molecule has 0 aliphatic carbocycles. The van der Waals surface area contributed by atoms with Gasteiger partial charge in [-0.2, -0.15) is 0 Å². The number of nitrogens with one attached hydrogen (secondary N) is 1. The zero-order chi connectivity index (χ0) is 19.9. The van der Waals surface area contributed by atoms with Crippen molar-refractivity contribution in [2.45, 2.75) is 26.2 Å². The summed E-state index contributed by atoms with van der Waals surface area (Å²) in [5.74, 6) is 0.659. The third-order valence-corrected chi connectivity index (χ3v) is 4.93. The van der Waals surface area contributed by atoms with E-state index in [4.69, 9.17) is 4.74 Å². The van der Waals surface area contributed by atoms with E-state index in [1.54, 1.807) is 36.4 Å². The van der Waals surface area contributed by atoms with Gasteiger partial charge in [0, 0.05) is 5.92 Å². The van der Waals surface area contributed by atoms with Crippen LogP contribution in [0.25, 0.3) is 0 Å². The van der Waals surface area contributed by atoms with Gasteiger partial charge in [-0.3, -0.25) is 9.59 Å². The van der Waals surface area contributed by atoms with E-state index in [-0.39, 0.29) is 17.6 Å². The Morgan fingerprint density at radius 2 is 1.89 bits per heavy atom. The van der Waals surface area contributed by atoms with Crippen molar-refractivity contribution in [3.8, 4) is 5.75 Å². The summed E-state index contributed by atoms with van der Waals surface area (Å²) in [7, 11) is 2.07. The number of amides is 1. The molecule has 0 radical (unpaired) electrons. The van der Waals surface area contributed by atoms with Crippen LogP contribution in [0.15, 0.2) is 42.5 Å². The molecule has 148 valence electrons. The van der Waals surface area contributed by atoms with Gasteiger partial charge in [-0.05, 0) is 63.7 Å². The Morgan fingerprint density at radius 3 is 2.64 bits per heavy atom. The SMILES string of the molecule is CCCOc1ccccc1C(=O)Nc1cccc(C(=O)C2CCN(C)CC2)n1. The number of Topliss-reactive ketones (excluding diaryl/α,β-unsaturated/α-hetero) is 1. The molecule has 6 nitrogen and oxygen atoms in total. The number of rotatable bonds is 7. The van der Waals surface area contributed by atoms with Gasteiger partial charge in [-0.25, -0.2) is 4.98 Å². The number of hydrogen-bond donors (Lipinski definition) is 1. The van der Waals surface area contributed by atoms with Crippen LogP contribution >= 0.6 is 0 Å². The van der Waals surface area contributed by atoms with Crippen LogP contribution in [-0.4, -0.2) is 48.3 Å². The van der Waals surface area contributed by atoms with Gasteiger partial charge in [0.15, 0.2) is 5.78 Å². The van der Waals surface area contributed by atoms with Crippen molar-refractivity contribution in [3.05, 3.63) is 53.7 Å². The van der Waals surface area contributed by atoms with E-state index in [9.17, 15) is 9.59 Å². The number of nitrogens with zero attached hydrogens (tertiary/aromatic N) is 2. The smallest absolute Gasteiger partial charge is 0.260 e. The Bertz CT molecular complexity index is 829. The van der Waals surface area contributed by atoms with Gasteiger partial charge in [0.05, 0.1) is 12.2 Å². The molecule has 28 heavy (non-hydrogen) atoms. The number of piperidine rings is 1. The number of ether oxygens (including phenoxy) is 1. The van der Waals surface area contributed by atoms with Gasteiger partial charge in [0.25, 0.3) is 5.91 Å². The maximum absolute atomic E-state index is 12.8. The molecule has 1 saturated heterocycles. The highest BCUT2D eigenvalue weighted by atomic mass is 16.5. The molecule has 0 saturated carbocycles. The first kappa shape index (κ1) is 20.0. The standard InChI is InChI=1S/C22H27N3O3/c1-3-15-28-19-9-5-4-7-17(19)22(27)24-20-10-6-8-18(23-20)21(26)16-11-13-25(2)14-12-16/h4-10,16H,3,11-15H2,1-2H3,(H,23,24,27). The summed E-state index contributed by atoms with van der Waals surface area (Å²) in [5, 5.41) is 2.79. The lowest BCUT2D eigenvalue weighted by Gasteiger charge is -2.27. The zero-order valence-electron chi connectivity index (χ0n) is 16.5.